The fourth-order valence-electron chi connectivity index (χ4n) is 3.87. The number of terminal acetylenes is 1. The number of hydrogen-bond acceptors (Lipinski definition) is 7. The molecule has 36 heavy (non-hydrogen) atoms. The number of nitrogen functional groups attached to an aromatic ring is 1. The van der Waals surface area contributed by atoms with Gasteiger partial charge in [0, 0.05) is 16.7 Å². The van der Waals surface area contributed by atoms with Crippen molar-refractivity contribution < 1.29 is 14.3 Å². The van der Waals surface area contributed by atoms with Gasteiger partial charge >= 0.3 is 5.97 Å². The summed E-state index contributed by atoms with van der Waals surface area (Å²) in [6.45, 7) is 4.14. The molecular weight excluding hydrogens is 461 g/mol. The second-order valence-electron chi connectivity index (χ2n) is 8.61. The summed E-state index contributed by atoms with van der Waals surface area (Å²) in [4.78, 5) is 24.4. The molecule has 10 heteroatoms. The summed E-state index contributed by atoms with van der Waals surface area (Å²) < 4.78 is 16.4. The standard InChI is InChI=1S/C26H24FN7O2/c1-4-16-8-6-10-18(24(16)27)19-12-20(31-25(28)30-19)21-15-34(33-32-21)14-17-9-7-11-22(29-17)26(3,5-2)13-23(35)36/h1,6-12,15H,5,13-14H2,2-3H3,(H,35,36)(H2,28,30,31)/t26-/m0/s1. The minimum absolute atomic E-state index is 0.0181. The molecule has 182 valence electrons. The van der Waals surface area contributed by atoms with Gasteiger partial charge in [0.15, 0.2) is 0 Å². The predicted octanol–water partition coefficient (Wildman–Crippen LogP) is 3.69. The number of rotatable bonds is 8. The normalized spacial score (nSPS) is 12.6. The maximum Gasteiger partial charge on any atom is 0.304 e. The van der Waals surface area contributed by atoms with Gasteiger partial charge in [0.2, 0.25) is 5.95 Å². The fraction of sp³-hybridized carbons (Fsp3) is 0.231. The van der Waals surface area contributed by atoms with E-state index in [-0.39, 0.29) is 29.2 Å². The minimum Gasteiger partial charge on any atom is -0.481 e. The summed E-state index contributed by atoms with van der Waals surface area (Å²) in [7, 11) is 0. The Bertz CT molecular complexity index is 1480. The van der Waals surface area contributed by atoms with Crippen LogP contribution >= 0.6 is 0 Å². The van der Waals surface area contributed by atoms with Crippen molar-refractivity contribution in [1.82, 2.24) is 29.9 Å². The zero-order valence-corrected chi connectivity index (χ0v) is 19.8. The zero-order chi connectivity index (χ0) is 25.9. The summed E-state index contributed by atoms with van der Waals surface area (Å²) in [6.07, 6.45) is 7.66. The molecule has 1 atom stereocenters. The van der Waals surface area contributed by atoms with Crippen molar-refractivity contribution in [2.45, 2.75) is 38.6 Å². The number of carboxylic acids is 1. The highest BCUT2D eigenvalue weighted by Gasteiger charge is 2.29. The lowest BCUT2D eigenvalue weighted by Crippen LogP contribution is -2.26. The number of nitrogens with two attached hydrogens (primary N) is 1. The van der Waals surface area contributed by atoms with Crippen molar-refractivity contribution in [3.8, 4) is 35.0 Å². The van der Waals surface area contributed by atoms with Gasteiger partial charge in [-0.1, -0.05) is 37.1 Å². The number of nitrogens with zero attached hydrogens (tertiary/aromatic N) is 6. The van der Waals surface area contributed by atoms with Crippen molar-refractivity contribution in [3.63, 3.8) is 0 Å². The van der Waals surface area contributed by atoms with Crippen LogP contribution in [0.3, 0.4) is 0 Å². The Morgan fingerprint density at radius 1 is 1.17 bits per heavy atom. The van der Waals surface area contributed by atoms with E-state index in [1.54, 1.807) is 29.1 Å². The number of pyridine rings is 1. The van der Waals surface area contributed by atoms with Crippen molar-refractivity contribution in [1.29, 1.82) is 0 Å². The summed E-state index contributed by atoms with van der Waals surface area (Å²) >= 11 is 0. The first kappa shape index (κ1) is 24.5. The third-order valence-electron chi connectivity index (χ3n) is 6.05. The lowest BCUT2D eigenvalue weighted by Gasteiger charge is -2.26. The summed E-state index contributed by atoms with van der Waals surface area (Å²) in [6, 6.07) is 11.8. The fourth-order valence-corrected chi connectivity index (χ4v) is 3.87. The Balaban J connectivity index is 1.62. The van der Waals surface area contributed by atoms with Crippen LogP contribution in [-0.4, -0.2) is 41.0 Å². The molecule has 3 heterocycles. The largest absolute Gasteiger partial charge is 0.481 e. The third kappa shape index (κ3) is 5.05. The molecule has 0 unspecified atom stereocenters. The number of aromatic nitrogens is 6. The van der Waals surface area contributed by atoms with E-state index in [4.69, 9.17) is 12.2 Å². The quantitative estimate of drug-likeness (QED) is 0.361. The van der Waals surface area contributed by atoms with E-state index in [2.05, 4.69) is 31.2 Å². The molecule has 0 saturated heterocycles. The molecule has 0 fully saturated rings. The second kappa shape index (κ2) is 9.92. The molecule has 0 radical (unpaired) electrons. The van der Waals surface area contributed by atoms with Gasteiger partial charge in [-0.2, -0.15) is 0 Å². The maximum absolute atomic E-state index is 14.8. The van der Waals surface area contributed by atoms with Crippen LogP contribution in [0.1, 0.15) is 43.6 Å². The van der Waals surface area contributed by atoms with Crippen LogP contribution in [0, 0.1) is 18.2 Å². The minimum atomic E-state index is -0.873. The molecule has 1 aromatic carbocycles. The van der Waals surface area contributed by atoms with Crippen LogP contribution < -0.4 is 5.73 Å². The Kier molecular flexibility index (Phi) is 6.74. The first-order chi connectivity index (χ1) is 17.2. The maximum atomic E-state index is 14.8. The highest BCUT2D eigenvalue weighted by atomic mass is 19.1. The molecule has 3 N–H and O–H groups in total. The first-order valence-electron chi connectivity index (χ1n) is 11.2. The van der Waals surface area contributed by atoms with Crippen LogP contribution in [0.5, 0.6) is 0 Å². The van der Waals surface area contributed by atoms with Gasteiger partial charge in [-0.25, -0.2) is 19.0 Å². The van der Waals surface area contributed by atoms with Crippen LogP contribution in [0.2, 0.25) is 0 Å². The van der Waals surface area contributed by atoms with E-state index >= 15 is 0 Å². The monoisotopic (exact) mass is 485 g/mol. The van der Waals surface area contributed by atoms with Crippen molar-refractivity contribution in [2.75, 3.05) is 5.73 Å². The molecule has 0 saturated carbocycles. The molecule has 0 bridgehead atoms. The molecule has 0 amide bonds. The van der Waals surface area contributed by atoms with Gasteiger partial charge in [0.1, 0.15) is 11.5 Å². The van der Waals surface area contributed by atoms with Gasteiger partial charge in [0.25, 0.3) is 0 Å². The smallest absolute Gasteiger partial charge is 0.304 e. The van der Waals surface area contributed by atoms with E-state index in [1.807, 2.05) is 32.0 Å². The Labute approximate surface area is 207 Å². The number of carbonyl (C=O) groups is 1. The van der Waals surface area contributed by atoms with Crippen LogP contribution in [0.15, 0.2) is 48.7 Å². The zero-order valence-electron chi connectivity index (χ0n) is 19.8. The van der Waals surface area contributed by atoms with Crippen molar-refractivity contribution in [3.05, 3.63) is 71.4 Å². The molecule has 0 spiro atoms. The van der Waals surface area contributed by atoms with Crippen LogP contribution in [0.25, 0.3) is 22.6 Å². The van der Waals surface area contributed by atoms with Crippen LogP contribution in [-0.2, 0) is 16.8 Å². The Morgan fingerprint density at radius 3 is 2.64 bits per heavy atom. The number of anilines is 1. The summed E-state index contributed by atoms with van der Waals surface area (Å²) in [5.74, 6) is 0.819. The lowest BCUT2D eigenvalue weighted by atomic mass is 9.80. The molecule has 3 aromatic heterocycles. The molecule has 0 aliphatic heterocycles. The van der Waals surface area contributed by atoms with Crippen molar-refractivity contribution >= 4 is 11.9 Å². The van der Waals surface area contributed by atoms with Gasteiger partial charge in [0.05, 0.1) is 41.8 Å². The van der Waals surface area contributed by atoms with Crippen molar-refractivity contribution in [2.24, 2.45) is 0 Å². The SMILES string of the molecule is C#Cc1cccc(-c2cc(-c3cn(Cc4cccc([C@@](C)(CC)CC(=O)O)n4)nn3)nc(N)n2)c1F. The topological polar surface area (TPSA) is 133 Å². The van der Waals surface area contributed by atoms with E-state index in [0.29, 0.717) is 35.7 Å². The molecule has 9 nitrogen and oxygen atoms in total. The first-order valence-corrected chi connectivity index (χ1v) is 11.2. The van der Waals surface area contributed by atoms with Gasteiger partial charge < -0.3 is 10.8 Å². The lowest BCUT2D eigenvalue weighted by molar-refractivity contribution is -0.138. The molecule has 4 rings (SSSR count). The number of carboxylic acid groups (broad SMARTS) is 1. The summed E-state index contributed by atoms with van der Waals surface area (Å²) in [5, 5.41) is 17.6. The third-order valence-corrected chi connectivity index (χ3v) is 6.05. The van der Waals surface area contributed by atoms with E-state index in [1.165, 1.54) is 6.07 Å². The number of halogens is 1. The predicted molar refractivity (Wildman–Crippen MR) is 132 cm³/mol. The van der Waals surface area contributed by atoms with Gasteiger partial charge in [-0.3, -0.25) is 9.78 Å². The Hall–Kier alpha value is -4.65. The molecule has 0 aliphatic carbocycles. The van der Waals surface area contributed by atoms with E-state index < -0.39 is 17.2 Å². The Morgan fingerprint density at radius 2 is 1.92 bits per heavy atom. The number of benzene rings is 1. The molecule has 0 aliphatic rings. The van der Waals surface area contributed by atoms with Gasteiger partial charge in [-0.05, 0) is 36.8 Å². The second-order valence-corrected chi connectivity index (χ2v) is 8.61. The molecular formula is C26H24FN7O2. The highest BCUT2D eigenvalue weighted by molar-refractivity contribution is 5.69. The average Bonchev–Trinajstić information content (AvgIpc) is 3.32. The number of aliphatic carboxylic acids is 1. The highest BCUT2D eigenvalue weighted by Crippen LogP contribution is 2.30. The van der Waals surface area contributed by atoms with E-state index in [9.17, 15) is 14.3 Å². The summed E-state index contributed by atoms with van der Waals surface area (Å²) in [5.41, 5.74) is 8.10. The molecule has 4 aromatic rings. The average molecular weight is 486 g/mol. The van der Waals surface area contributed by atoms with E-state index in [0.717, 1.165) is 0 Å². The van der Waals surface area contributed by atoms with Gasteiger partial charge in [-0.15, -0.1) is 11.5 Å². The van der Waals surface area contributed by atoms with Crippen LogP contribution in [0.4, 0.5) is 10.3 Å². The number of hydrogen-bond donors (Lipinski definition) is 2.